The van der Waals surface area contributed by atoms with Crippen LogP contribution in [0.3, 0.4) is 0 Å². The highest BCUT2D eigenvalue weighted by atomic mass is 32.2. The van der Waals surface area contributed by atoms with Crippen molar-refractivity contribution < 1.29 is 4.79 Å². The van der Waals surface area contributed by atoms with Gasteiger partial charge in [0, 0.05) is 12.8 Å². The van der Waals surface area contributed by atoms with E-state index in [0.717, 1.165) is 11.3 Å². The minimum atomic E-state index is 0.182. The number of rotatable bonds is 5. The Morgan fingerprint density at radius 1 is 1.18 bits per heavy atom. The number of thioether (sulfide) groups is 1. The summed E-state index contributed by atoms with van der Waals surface area (Å²) in [6, 6.07) is 8.43. The van der Waals surface area contributed by atoms with Crippen molar-refractivity contribution in [3.05, 3.63) is 35.4 Å². The van der Waals surface area contributed by atoms with Gasteiger partial charge in [0.2, 0.25) is 0 Å². The van der Waals surface area contributed by atoms with Gasteiger partial charge in [-0.1, -0.05) is 45.0 Å². The number of hydrogen-bond donors (Lipinski definition) is 0. The van der Waals surface area contributed by atoms with Crippen LogP contribution in [0.15, 0.2) is 24.3 Å². The van der Waals surface area contributed by atoms with Crippen molar-refractivity contribution in [2.24, 2.45) is 0 Å². The van der Waals surface area contributed by atoms with E-state index in [1.807, 2.05) is 6.26 Å². The first-order chi connectivity index (χ1) is 7.93. The highest BCUT2D eigenvalue weighted by Crippen LogP contribution is 2.22. The third-order valence-corrected chi connectivity index (χ3v) is 3.42. The molecule has 0 atom stereocenters. The standard InChI is InChI=1S/C15H22OS/c1-15(2,3)13-7-5-12(6-8-13)11-14(16)9-10-17-4/h5-8H,9-11H2,1-4H3. The van der Waals surface area contributed by atoms with Crippen molar-refractivity contribution in [1.82, 2.24) is 0 Å². The zero-order valence-electron chi connectivity index (χ0n) is 11.2. The Kier molecular flexibility index (Phi) is 5.26. The van der Waals surface area contributed by atoms with Gasteiger partial charge in [-0.25, -0.2) is 0 Å². The molecule has 0 aliphatic carbocycles. The summed E-state index contributed by atoms with van der Waals surface area (Å²) in [7, 11) is 0. The Bertz CT molecular complexity index is 360. The smallest absolute Gasteiger partial charge is 0.138 e. The van der Waals surface area contributed by atoms with E-state index >= 15 is 0 Å². The minimum Gasteiger partial charge on any atom is -0.299 e. The van der Waals surface area contributed by atoms with Crippen LogP contribution < -0.4 is 0 Å². The average Bonchev–Trinajstić information content (AvgIpc) is 2.26. The third kappa shape index (κ3) is 4.95. The number of ketones is 1. The summed E-state index contributed by atoms with van der Waals surface area (Å²) in [5.74, 6) is 1.27. The molecule has 17 heavy (non-hydrogen) atoms. The molecule has 0 fully saturated rings. The normalized spacial score (nSPS) is 11.5. The number of carbonyl (C=O) groups is 1. The highest BCUT2D eigenvalue weighted by Gasteiger charge is 2.13. The molecule has 0 unspecified atom stereocenters. The highest BCUT2D eigenvalue weighted by molar-refractivity contribution is 7.98. The van der Waals surface area contributed by atoms with Crippen LogP contribution in [0, 0.1) is 0 Å². The van der Waals surface area contributed by atoms with E-state index in [1.165, 1.54) is 5.56 Å². The van der Waals surface area contributed by atoms with Crippen LogP contribution in [-0.4, -0.2) is 17.8 Å². The van der Waals surface area contributed by atoms with Crippen molar-refractivity contribution in [2.75, 3.05) is 12.0 Å². The molecule has 0 aliphatic rings. The monoisotopic (exact) mass is 250 g/mol. The molecule has 0 bridgehead atoms. The van der Waals surface area contributed by atoms with Gasteiger partial charge in [0.1, 0.15) is 5.78 Å². The second kappa shape index (κ2) is 6.25. The summed E-state index contributed by atoms with van der Waals surface area (Å²) in [4.78, 5) is 11.6. The Hall–Kier alpha value is -0.760. The number of benzene rings is 1. The lowest BCUT2D eigenvalue weighted by Crippen LogP contribution is -2.11. The molecule has 94 valence electrons. The molecule has 0 spiro atoms. The van der Waals surface area contributed by atoms with Crippen molar-refractivity contribution in [1.29, 1.82) is 0 Å². The molecule has 0 amide bonds. The molecular formula is C15H22OS. The van der Waals surface area contributed by atoms with Gasteiger partial charge in [-0.2, -0.15) is 11.8 Å². The lowest BCUT2D eigenvalue weighted by atomic mass is 9.86. The fraction of sp³-hybridized carbons (Fsp3) is 0.533. The van der Waals surface area contributed by atoms with Gasteiger partial charge in [0.15, 0.2) is 0 Å². The molecule has 0 radical (unpaired) electrons. The summed E-state index contributed by atoms with van der Waals surface area (Å²) in [5, 5.41) is 0. The molecule has 0 aromatic heterocycles. The average molecular weight is 250 g/mol. The van der Waals surface area contributed by atoms with Crippen molar-refractivity contribution in [2.45, 2.75) is 39.0 Å². The summed E-state index contributed by atoms with van der Waals surface area (Å²) in [5.41, 5.74) is 2.63. The van der Waals surface area contributed by atoms with Crippen molar-refractivity contribution in [3.63, 3.8) is 0 Å². The molecule has 2 heteroatoms. The minimum absolute atomic E-state index is 0.182. The quantitative estimate of drug-likeness (QED) is 0.789. The van der Waals surface area contributed by atoms with E-state index < -0.39 is 0 Å². The predicted molar refractivity (Wildman–Crippen MR) is 76.9 cm³/mol. The largest absolute Gasteiger partial charge is 0.299 e. The Morgan fingerprint density at radius 2 is 1.76 bits per heavy atom. The second-order valence-electron chi connectivity index (χ2n) is 5.41. The zero-order chi connectivity index (χ0) is 12.9. The lowest BCUT2D eigenvalue weighted by molar-refractivity contribution is -0.118. The van der Waals surface area contributed by atoms with Gasteiger partial charge >= 0.3 is 0 Å². The predicted octanol–water partition coefficient (Wildman–Crippen LogP) is 3.85. The zero-order valence-corrected chi connectivity index (χ0v) is 12.1. The number of carbonyl (C=O) groups excluding carboxylic acids is 1. The van der Waals surface area contributed by atoms with Crippen LogP contribution in [0.2, 0.25) is 0 Å². The summed E-state index contributed by atoms with van der Waals surface area (Å²) in [6.07, 6.45) is 3.29. The Balaban J connectivity index is 2.60. The maximum absolute atomic E-state index is 11.6. The third-order valence-electron chi connectivity index (χ3n) is 2.81. The van der Waals surface area contributed by atoms with E-state index in [9.17, 15) is 4.79 Å². The van der Waals surface area contributed by atoms with E-state index in [-0.39, 0.29) is 5.41 Å². The lowest BCUT2D eigenvalue weighted by Gasteiger charge is -2.19. The molecular weight excluding hydrogens is 228 g/mol. The van der Waals surface area contributed by atoms with Crippen LogP contribution in [0.25, 0.3) is 0 Å². The van der Waals surface area contributed by atoms with Gasteiger partial charge in [-0.15, -0.1) is 0 Å². The van der Waals surface area contributed by atoms with E-state index in [1.54, 1.807) is 11.8 Å². The summed E-state index contributed by atoms with van der Waals surface area (Å²) in [6.45, 7) is 6.60. The molecule has 0 saturated carbocycles. The van der Waals surface area contributed by atoms with Gasteiger partial charge in [-0.3, -0.25) is 4.79 Å². The van der Waals surface area contributed by atoms with E-state index in [4.69, 9.17) is 0 Å². The Labute approximate surface area is 109 Å². The first kappa shape index (κ1) is 14.3. The maximum Gasteiger partial charge on any atom is 0.138 e. The van der Waals surface area contributed by atoms with E-state index in [0.29, 0.717) is 18.6 Å². The molecule has 1 aromatic rings. The number of Topliss-reactive ketones (excluding diaryl/α,β-unsaturated/α-hetero) is 1. The summed E-state index contributed by atoms with van der Waals surface area (Å²) < 4.78 is 0. The molecule has 0 heterocycles. The van der Waals surface area contributed by atoms with Crippen molar-refractivity contribution in [3.8, 4) is 0 Å². The van der Waals surface area contributed by atoms with Gasteiger partial charge < -0.3 is 0 Å². The van der Waals surface area contributed by atoms with Crippen LogP contribution >= 0.6 is 11.8 Å². The first-order valence-corrected chi connectivity index (χ1v) is 7.43. The molecule has 1 rings (SSSR count). The van der Waals surface area contributed by atoms with Crippen LogP contribution in [-0.2, 0) is 16.6 Å². The first-order valence-electron chi connectivity index (χ1n) is 6.03. The van der Waals surface area contributed by atoms with Gasteiger partial charge in [0.05, 0.1) is 0 Å². The molecule has 1 nitrogen and oxygen atoms in total. The van der Waals surface area contributed by atoms with Crippen LogP contribution in [0.5, 0.6) is 0 Å². The summed E-state index contributed by atoms with van der Waals surface area (Å²) >= 11 is 1.73. The second-order valence-corrected chi connectivity index (χ2v) is 6.39. The molecule has 0 saturated heterocycles. The van der Waals surface area contributed by atoms with Crippen LogP contribution in [0.4, 0.5) is 0 Å². The van der Waals surface area contributed by atoms with E-state index in [2.05, 4.69) is 45.0 Å². The SMILES string of the molecule is CSCCC(=O)Cc1ccc(C(C)(C)C)cc1. The Morgan fingerprint density at radius 3 is 2.24 bits per heavy atom. The maximum atomic E-state index is 11.6. The van der Waals surface area contributed by atoms with Gasteiger partial charge in [0.25, 0.3) is 0 Å². The number of hydrogen-bond acceptors (Lipinski definition) is 2. The fourth-order valence-electron chi connectivity index (χ4n) is 1.65. The topological polar surface area (TPSA) is 17.1 Å². The fourth-order valence-corrected chi connectivity index (χ4v) is 2.09. The molecule has 0 aliphatic heterocycles. The molecule has 1 aromatic carbocycles. The van der Waals surface area contributed by atoms with Crippen LogP contribution in [0.1, 0.15) is 38.3 Å². The molecule has 0 N–H and O–H groups in total. The van der Waals surface area contributed by atoms with Crippen molar-refractivity contribution >= 4 is 17.5 Å². The van der Waals surface area contributed by atoms with Gasteiger partial charge in [-0.05, 0) is 28.6 Å².